The average molecular weight is 444 g/mol. The average Bonchev–Trinajstić information content (AvgIpc) is 2.82. The predicted molar refractivity (Wildman–Crippen MR) is 136 cm³/mol. The first kappa shape index (κ1) is 24.2. The normalized spacial score (nSPS) is 18.5. The topological polar surface area (TPSA) is 148 Å². The van der Waals surface area contributed by atoms with Crippen molar-refractivity contribution in [1.82, 2.24) is 5.32 Å². The molecule has 0 aliphatic heterocycles. The number of hydrogen-bond donors (Lipinski definition) is 6. The van der Waals surface area contributed by atoms with Crippen LogP contribution >= 0.6 is 0 Å². The molecular weight excluding hydrogens is 410 g/mol. The minimum absolute atomic E-state index is 0.0858. The Labute approximate surface area is 195 Å². The molecule has 0 radical (unpaired) electrons. The number of rotatable bonds is 10. The fourth-order valence-electron chi connectivity index (χ4n) is 4.16. The van der Waals surface area contributed by atoms with Crippen molar-refractivity contribution >= 4 is 22.7 Å². The standard InChI is InChI=1S/C26H33N7/c1-2-19(16-33-31)20-6-11-24(28)23(14-20)26(30)25(29)13-17-4-3-5-18(12-17)15-32-22-9-7-21(27)8-10-22/h2-6,11-12,14,16,21-22,29-32H,1,7-10,13,15,27-28H2. The van der Waals surface area contributed by atoms with E-state index in [0.717, 1.165) is 43.4 Å². The molecule has 0 heterocycles. The lowest BCUT2D eigenvalue weighted by atomic mass is 9.91. The summed E-state index contributed by atoms with van der Waals surface area (Å²) in [5.74, 6) is 0. The molecule has 1 aliphatic rings. The van der Waals surface area contributed by atoms with Crippen LogP contribution in [0, 0.1) is 16.3 Å². The highest BCUT2D eigenvalue weighted by atomic mass is 14.9. The zero-order valence-corrected chi connectivity index (χ0v) is 18.9. The van der Waals surface area contributed by atoms with Gasteiger partial charge in [0.25, 0.3) is 0 Å². The van der Waals surface area contributed by atoms with Crippen molar-refractivity contribution in [3.63, 3.8) is 0 Å². The van der Waals surface area contributed by atoms with Crippen LogP contribution in [0.1, 0.15) is 47.9 Å². The molecule has 172 valence electrons. The maximum Gasteiger partial charge on any atom is 0.0844 e. The van der Waals surface area contributed by atoms with Gasteiger partial charge >= 0.3 is 0 Å². The third kappa shape index (κ3) is 6.54. The highest BCUT2D eigenvalue weighted by Crippen LogP contribution is 2.23. The van der Waals surface area contributed by atoms with E-state index in [4.69, 9.17) is 27.8 Å². The predicted octanol–water partition coefficient (Wildman–Crippen LogP) is 4.82. The van der Waals surface area contributed by atoms with Gasteiger partial charge in [0.2, 0.25) is 0 Å². The summed E-state index contributed by atoms with van der Waals surface area (Å²) in [6, 6.07) is 14.3. The lowest BCUT2D eigenvalue weighted by Gasteiger charge is -2.27. The third-order valence-corrected chi connectivity index (χ3v) is 6.12. The molecule has 3 rings (SSSR count). The van der Waals surface area contributed by atoms with E-state index in [1.165, 1.54) is 11.8 Å². The lowest BCUT2D eigenvalue weighted by molar-refractivity contribution is 0.342. The van der Waals surface area contributed by atoms with Gasteiger partial charge in [-0.25, -0.2) is 5.53 Å². The second-order valence-electron chi connectivity index (χ2n) is 8.56. The number of allylic oxidation sites excluding steroid dienone is 2. The first-order chi connectivity index (χ1) is 15.9. The number of nitrogens with two attached hydrogens (primary N) is 2. The molecule has 1 saturated carbocycles. The molecule has 0 spiro atoms. The Balaban J connectivity index is 1.67. The van der Waals surface area contributed by atoms with Crippen LogP contribution in [-0.2, 0) is 13.0 Å². The summed E-state index contributed by atoms with van der Waals surface area (Å²) in [7, 11) is 0. The zero-order valence-electron chi connectivity index (χ0n) is 18.9. The molecule has 0 aromatic heterocycles. The van der Waals surface area contributed by atoms with Crippen LogP contribution in [0.25, 0.3) is 5.57 Å². The molecule has 0 atom stereocenters. The molecule has 1 fully saturated rings. The van der Waals surface area contributed by atoms with Crippen LogP contribution in [0.15, 0.2) is 66.4 Å². The van der Waals surface area contributed by atoms with E-state index < -0.39 is 0 Å². The number of nitrogens with one attached hydrogen (secondary N) is 4. The highest BCUT2D eigenvalue weighted by molar-refractivity contribution is 6.47. The van der Waals surface area contributed by atoms with Gasteiger partial charge in [-0.05, 0) is 54.5 Å². The summed E-state index contributed by atoms with van der Waals surface area (Å²) in [5, 5.41) is 24.0. The first-order valence-corrected chi connectivity index (χ1v) is 11.2. The van der Waals surface area contributed by atoms with E-state index in [-0.39, 0.29) is 11.4 Å². The van der Waals surface area contributed by atoms with E-state index in [0.29, 0.717) is 35.3 Å². The summed E-state index contributed by atoms with van der Waals surface area (Å²) < 4.78 is 0. The monoisotopic (exact) mass is 443 g/mol. The van der Waals surface area contributed by atoms with E-state index in [2.05, 4.69) is 29.1 Å². The number of hydrogen-bond acceptors (Lipinski definition) is 7. The quantitative estimate of drug-likeness (QED) is 0.135. The maximum atomic E-state index is 8.57. The van der Waals surface area contributed by atoms with Gasteiger partial charge in [-0.15, -0.1) is 0 Å². The molecule has 7 nitrogen and oxygen atoms in total. The van der Waals surface area contributed by atoms with E-state index >= 15 is 0 Å². The smallest absolute Gasteiger partial charge is 0.0844 e. The van der Waals surface area contributed by atoms with Crippen LogP contribution in [-0.4, -0.2) is 23.5 Å². The fraction of sp³-hybridized carbons (Fsp3) is 0.308. The Morgan fingerprint density at radius 2 is 1.82 bits per heavy atom. The van der Waals surface area contributed by atoms with Gasteiger partial charge in [0.05, 0.1) is 17.6 Å². The number of anilines is 1. The Bertz CT molecular complexity index is 1060. The van der Waals surface area contributed by atoms with Crippen LogP contribution in [0.3, 0.4) is 0 Å². The van der Waals surface area contributed by atoms with E-state index in [9.17, 15) is 0 Å². The van der Waals surface area contributed by atoms with Gasteiger partial charge in [0.15, 0.2) is 0 Å². The van der Waals surface area contributed by atoms with Crippen molar-refractivity contribution < 1.29 is 0 Å². The molecule has 1 aliphatic carbocycles. The van der Waals surface area contributed by atoms with Crippen molar-refractivity contribution in [2.24, 2.45) is 10.8 Å². The molecule has 0 saturated heterocycles. The van der Waals surface area contributed by atoms with Crippen molar-refractivity contribution in [2.75, 3.05) is 5.73 Å². The number of nitrogens with zero attached hydrogens (tertiary/aromatic N) is 1. The molecule has 0 amide bonds. The van der Waals surface area contributed by atoms with Crippen LogP contribution in [0.2, 0.25) is 0 Å². The molecule has 33 heavy (non-hydrogen) atoms. The summed E-state index contributed by atoms with van der Waals surface area (Å²) in [6.45, 7) is 4.53. The molecule has 0 unspecified atom stereocenters. The second kappa shape index (κ2) is 11.4. The Hall–Kier alpha value is -3.42. The first-order valence-electron chi connectivity index (χ1n) is 11.2. The van der Waals surface area contributed by atoms with Gasteiger partial charge in [0, 0.05) is 41.9 Å². The third-order valence-electron chi connectivity index (χ3n) is 6.12. The second-order valence-corrected chi connectivity index (χ2v) is 8.56. The highest BCUT2D eigenvalue weighted by Gasteiger charge is 2.18. The van der Waals surface area contributed by atoms with Crippen LogP contribution in [0.4, 0.5) is 5.69 Å². The minimum Gasteiger partial charge on any atom is -0.398 e. The number of benzene rings is 2. The molecule has 7 heteroatoms. The minimum atomic E-state index is 0.0858. The van der Waals surface area contributed by atoms with Gasteiger partial charge in [0.1, 0.15) is 0 Å². The summed E-state index contributed by atoms with van der Waals surface area (Å²) >= 11 is 0. The Kier molecular flexibility index (Phi) is 8.40. The van der Waals surface area contributed by atoms with Crippen molar-refractivity contribution in [3.8, 4) is 0 Å². The zero-order chi connectivity index (χ0) is 23.8. The number of nitrogen functional groups attached to an aromatic ring is 1. The maximum absolute atomic E-state index is 8.57. The van der Waals surface area contributed by atoms with Gasteiger partial charge < -0.3 is 22.2 Å². The van der Waals surface area contributed by atoms with Crippen molar-refractivity contribution in [1.29, 1.82) is 16.3 Å². The van der Waals surface area contributed by atoms with E-state index in [1.54, 1.807) is 24.3 Å². The molecule has 2 aromatic rings. The largest absolute Gasteiger partial charge is 0.398 e. The van der Waals surface area contributed by atoms with Gasteiger partial charge in [-0.2, -0.15) is 5.11 Å². The SMILES string of the molecule is C=CC(=CN=N)c1ccc(N)c(C(=N)C(=N)Cc2cccc(CNC3CCC(N)CC3)c2)c1. The van der Waals surface area contributed by atoms with Crippen molar-refractivity contribution in [2.45, 2.75) is 50.7 Å². The molecular formula is C26H33N7. The van der Waals surface area contributed by atoms with Gasteiger partial charge in [-0.1, -0.05) is 43.0 Å². The summed E-state index contributed by atoms with van der Waals surface area (Å²) in [6.07, 6.45) is 7.71. The Morgan fingerprint density at radius 3 is 2.52 bits per heavy atom. The molecule has 2 aromatic carbocycles. The lowest BCUT2D eigenvalue weighted by Crippen LogP contribution is -2.37. The molecule has 0 bridgehead atoms. The van der Waals surface area contributed by atoms with Gasteiger partial charge in [-0.3, -0.25) is 5.41 Å². The fourth-order valence-corrected chi connectivity index (χ4v) is 4.16. The summed E-state index contributed by atoms with van der Waals surface area (Å²) in [5.41, 5.74) is 24.0. The summed E-state index contributed by atoms with van der Waals surface area (Å²) in [4.78, 5) is 0. The van der Waals surface area contributed by atoms with Crippen LogP contribution in [0.5, 0.6) is 0 Å². The molecule has 8 N–H and O–H groups in total. The van der Waals surface area contributed by atoms with Crippen molar-refractivity contribution in [3.05, 3.63) is 83.6 Å². The van der Waals surface area contributed by atoms with E-state index in [1.807, 2.05) is 12.1 Å². The Morgan fingerprint density at radius 1 is 1.09 bits per heavy atom. The van der Waals surface area contributed by atoms with Crippen LogP contribution < -0.4 is 16.8 Å².